The Morgan fingerprint density at radius 2 is 0.455 bits per heavy atom. The molecule has 0 bridgehead atoms. The molecule has 1 aliphatic carbocycles. The van der Waals surface area contributed by atoms with Crippen molar-refractivity contribution in [2.24, 2.45) is 16.2 Å². The SMILES string of the molecule is CC(C)(C)CN1CCN(CC(=O)O)CCN(CC(=O)O)CC1.CC(C)(C)CN1CCN(CC(=O)O)CCN(CC(=O)O)CCN(CC(=O)O)CC1.CC(C)(C)c1ccc(CC2CN(CC(=O)O)CCN(CC(=O)O)CCN(CC(=O)O)CCN2CC(=O)O)cc1.CC(C)(C)c1ccc(CC2CN(CC(=O)O)CCN(CC(=O)O)CCN2CC(=O)O)cc1.CCN(CC(C)(C)C)C1CCCCC1N(CC(=O)O)CC(=O)O. The van der Waals surface area contributed by atoms with Gasteiger partial charge in [0.05, 0.1) is 91.6 Å². The highest BCUT2D eigenvalue weighted by Gasteiger charge is 2.39. The molecule has 14 N–H and O–H groups in total. The lowest BCUT2D eigenvalue weighted by Crippen LogP contribution is -2.56. The van der Waals surface area contributed by atoms with Crippen molar-refractivity contribution in [3.05, 3.63) is 70.8 Å². The van der Waals surface area contributed by atoms with E-state index in [-0.39, 0.29) is 189 Å². The van der Waals surface area contributed by atoms with E-state index < -0.39 is 83.6 Å². The highest BCUT2D eigenvalue weighted by Crippen LogP contribution is 2.31. The Morgan fingerprint density at radius 1 is 0.255 bits per heavy atom. The standard InChI is InChI=1S/C27H42N4O8.C23H35N3O6.C19H36N4O6.C17H32N2O4.C15H29N3O4/c1-27(2,3)21-6-4-20(5-7-21)14-22-15-30(18-25(36)37)11-10-28(16-23(32)33)8-9-29(17-24(34)35)12-13-31(22)19-26(38)39;1-23(2,3)18-6-4-17(5-7-18)12-19-13-25(15-21(29)30)9-8-24(14-20(27)28)10-11-26(19)16-22(31)32;1-19(2,3)15-23-10-8-21(13-17(26)27)6-4-20(12-16(24)25)5-7-22(9-11-23)14-18(28)29;1-5-18(12-17(2,3)4)13-8-6-7-9-14(13)19(10-15(20)21)11-16(22)23;1-15(2,3)12-18-8-6-16(10-13(19)20)4-5-17(7-9-18)11-14(21)22/h4-7,22H,8-19H2,1-3H3,(H,32,33)(H,34,35)(H,36,37)(H,38,39);4-7,19H,8-16H2,1-3H3,(H,27,28)(H,29,30)(H,31,32);4-15H2,1-3H3,(H,24,25)(H,26,27)(H,28,29);13-14H,5-12H2,1-4H3,(H,20,21)(H,22,23);4-12H2,1-3H3,(H,19,20)(H,21,22). The summed E-state index contributed by atoms with van der Waals surface area (Å²) >= 11 is 0. The second-order valence-electron chi connectivity index (χ2n) is 44.4. The molecule has 0 spiro atoms. The van der Waals surface area contributed by atoms with Crippen LogP contribution in [0.2, 0.25) is 0 Å². The van der Waals surface area contributed by atoms with E-state index in [0.717, 1.165) is 81.6 Å². The predicted octanol–water partition coefficient (Wildman–Crippen LogP) is 3.29. The molecule has 2 aromatic carbocycles. The van der Waals surface area contributed by atoms with Crippen molar-refractivity contribution in [1.29, 1.82) is 0 Å². The zero-order valence-electron chi connectivity index (χ0n) is 88.9. The van der Waals surface area contributed by atoms with Gasteiger partial charge in [-0.15, -0.1) is 0 Å². The van der Waals surface area contributed by atoms with Gasteiger partial charge in [0.1, 0.15) is 0 Å². The van der Waals surface area contributed by atoms with Crippen molar-refractivity contribution in [3.8, 4) is 0 Å². The molecule has 7 rings (SSSR count). The lowest BCUT2D eigenvalue weighted by Gasteiger charge is -2.45. The fraction of sp³-hybridized carbons (Fsp3) is 0.743. The monoisotopic (exact) mass is 2060 g/mol. The van der Waals surface area contributed by atoms with Crippen LogP contribution in [-0.2, 0) is 90.8 Å². The van der Waals surface area contributed by atoms with Gasteiger partial charge in [0.2, 0.25) is 0 Å². The van der Waals surface area contributed by atoms with Gasteiger partial charge in [0, 0.05) is 214 Å². The molecular weight excluding hydrogens is 1890 g/mol. The van der Waals surface area contributed by atoms with Crippen LogP contribution in [0.25, 0.3) is 0 Å². The van der Waals surface area contributed by atoms with Crippen LogP contribution in [0.15, 0.2) is 48.5 Å². The quantitative estimate of drug-likeness (QED) is 0.0458. The maximum Gasteiger partial charge on any atom is 0.317 e. The molecule has 826 valence electrons. The molecule has 44 heteroatoms. The molecule has 4 atom stereocenters. The van der Waals surface area contributed by atoms with Crippen molar-refractivity contribution in [2.45, 2.75) is 184 Å². The van der Waals surface area contributed by atoms with Gasteiger partial charge in [-0.3, -0.25) is 136 Å². The number of benzene rings is 2. The van der Waals surface area contributed by atoms with Crippen LogP contribution in [0.5, 0.6) is 0 Å². The molecule has 4 unspecified atom stereocenters. The van der Waals surface area contributed by atoms with Crippen molar-refractivity contribution in [2.75, 3.05) is 288 Å². The van der Waals surface area contributed by atoms with Crippen molar-refractivity contribution >= 4 is 83.6 Å². The molecule has 0 amide bonds. The van der Waals surface area contributed by atoms with E-state index in [1.54, 1.807) is 39.2 Å². The van der Waals surface area contributed by atoms with Gasteiger partial charge in [-0.2, -0.15) is 0 Å². The van der Waals surface area contributed by atoms with E-state index >= 15 is 0 Å². The Labute approximate surface area is 856 Å². The summed E-state index contributed by atoms with van der Waals surface area (Å²) < 4.78 is 0. The van der Waals surface area contributed by atoms with Gasteiger partial charge in [-0.25, -0.2) is 0 Å². The largest absolute Gasteiger partial charge is 0.480 e. The fourth-order valence-electron chi connectivity index (χ4n) is 18.6. The first-order valence-corrected chi connectivity index (χ1v) is 50.3. The summed E-state index contributed by atoms with van der Waals surface area (Å²) in [4.78, 5) is 188. The minimum atomic E-state index is -1.03. The van der Waals surface area contributed by atoms with Crippen LogP contribution in [0.3, 0.4) is 0 Å². The smallest absolute Gasteiger partial charge is 0.317 e. The molecule has 2 aromatic rings. The summed E-state index contributed by atoms with van der Waals surface area (Å²) in [7, 11) is 0. The number of likely N-dealkylation sites (N-methyl/N-ethyl adjacent to an activating group) is 1. The fourth-order valence-corrected chi connectivity index (χ4v) is 18.6. The summed E-state index contributed by atoms with van der Waals surface area (Å²) in [5, 5.41) is 130. The number of aliphatic carboxylic acids is 14. The lowest BCUT2D eigenvalue weighted by molar-refractivity contribution is -0.145. The number of hydrogen-bond donors (Lipinski definition) is 14. The van der Waals surface area contributed by atoms with Crippen molar-refractivity contribution in [1.82, 2.24) is 78.4 Å². The van der Waals surface area contributed by atoms with E-state index in [9.17, 15) is 113 Å². The topological polar surface area (TPSA) is 574 Å². The maximum absolute atomic E-state index is 11.8. The van der Waals surface area contributed by atoms with E-state index in [4.69, 9.17) is 25.5 Å². The average molecular weight is 2060 g/mol. The van der Waals surface area contributed by atoms with Crippen molar-refractivity contribution in [3.63, 3.8) is 0 Å². The Morgan fingerprint density at radius 3 is 0.648 bits per heavy atom. The zero-order valence-corrected chi connectivity index (χ0v) is 88.9. The molecule has 1 saturated carbocycles. The molecule has 5 fully saturated rings. The Hall–Kier alpha value is -9.62. The van der Waals surface area contributed by atoms with E-state index in [2.05, 4.69) is 138 Å². The third-order valence-corrected chi connectivity index (χ3v) is 25.3. The van der Waals surface area contributed by atoms with Crippen LogP contribution >= 0.6 is 0 Å². The molecule has 4 aliphatic heterocycles. The van der Waals surface area contributed by atoms with Gasteiger partial charge < -0.3 is 81.3 Å². The number of nitrogens with zero attached hydrogens (tertiary/aromatic N) is 16. The molecule has 4 heterocycles. The van der Waals surface area contributed by atoms with Gasteiger partial charge in [0.15, 0.2) is 0 Å². The van der Waals surface area contributed by atoms with Crippen LogP contribution in [0, 0.1) is 16.2 Å². The minimum absolute atomic E-state index is 0.00162. The summed E-state index contributed by atoms with van der Waals surface area (Å²) in [6.07, 6.45) is 5.06. The molecule has 5 aliphatic rings. The molecular formula is C101H174N16O28. The van der Waals surface area contributed by atoms with Crippen LogP contribution in [0.1, 0.15) is 159 Å². The summed E-state index contributed by atoms with van der Waals surface area (Å²) in [6.45, 7) is 47.8. The highest BCUT2D eigenvalue weighted by molar-refractivity contribution is 5.74. The van der Waals surface area contributed by atoms with E-state index in [1.807, 2.05) is 60.9 Å². The maximum atomic E-state index is 11.8. The average Bonchev–Trinajstić information content (AvgIpc) is 1.25. The lowest BCUT2D eigenvalue weighted by atomic mass is 9.86. The van der Waals surface area contributed by atoms with E-state index in [0.29, 0.717) is 124 Å². The first-order chi connectivity index (χ1) is 67.4. The second-order valence-corrected chi connectivity index (χ2v) is 44.4. The number of carboxylic acids is 14. The number of carbonyl (C=O) groups is 14. The molecule has 0 aromatic heterocycles. The Kier molecular flexibility index (Phi) is 57.7. The third kappa shape index (κ3) is 59.8. The number of hydrogen-bond acceptors (Lipinski definition) is 30. The van der Waals surface area contributed by atoms with Gasteiger partial charge in [-0.1, -0.05) is 172 Å². The molecule has 4 saturated heterocycles. The number of rotatable bonds is 38. The summed E-state index contributed by atoms with van der Waals surface area (Å²) in [5.74, 6) is -13.4. The van der Waals surface area contributed by atoms with Crippen molar-refractivity contribution < 1.29 is 139 Å². The Balaban J connectivity index is 0.000000473. The van der Waals surface area contributed by atoms with Gasteiger partial charge in [0.25, 0.3) is 0 Å². The summed E-state index contributed by atoms with van der Waals surface area (Å²) in [6, 6.07) is 16.0. The first-order valence-electron chi connectivity index (χ1n) is 50.3. The number of carboxylic acid groups (broad SMARTS) is 14. The minimum Gasteiger partial charge on any atom is -0.480 e. The molecule has 44 nitrogen and oxygen atoms in total. The van der Waals surface area contributed by atoms with Crippen LogP contribution in [-0.4, -0.2) is 546 Å². The predicted molar refractivity (Wildman–Crippen MR) is 546 cm³/mol. The van der Waals surface area contributed by atoms with Crippen LogP contribution in [0.4, 0.5) is 0 Å². The highest BCUT2D eigenvalue weighted by atomic mass is 16.4. The second kappa shape index (κ2) is 64.6. The van der Waals surface area contributed by atoms with E-state index in [1.165, 1.54) is 5.56 Å². The zero-order chi connectivity index (χ0) is 109. The van der Waals surface area contributed by atoms with Crippen LogP contribution < -0.4 is 0 Å². The summed E-state index contributed by atoms with van der Waals surface area (Å²) in [5.41, 5.74) is 4.75. The normalized spacial score (nSPS) is 20.2. The third-order valence-electron chi connectivity index (χ3n) is 25.3. The van der Waals surface area contributed by atoms with Gasteiger partial charge >= 0.3 is 83.6 Å². The van der Waals surface area contributed by atoms with Gasteiger partial charge in [-0.05, 0) is 81.6 Å². The Bertz CT molecular complexity index is 4240. The molecule has 0 radical (unpaired) electrons. The molecule has 145 heavy (non-hydrogen) atoms. The first kappa shape index (κ1) is 130.